The summed E-state index contributed by atoms with van der Waals surface area (Å²) < 4.78 is 4.50. The van der Waals surface area contributed by atoms with Crippen LogP contribution in [0.2, 0.25) is 0 Å². The second-order valence-corrected chi connectivity index (χ2v) is 4.51. The van der Waals surface area contributed by atoms with Gasteiger partial charge in [-0.05, 0) is 26.0 Å². The van der Waals surface area contributed by atoms with Gasteiger partial charge in [-0.1, -0.05) is 18.2 Å². The maximum Gasteiger partial charge on any atom is 0.309 e. The number of rotatable bonds is 4. The topological polar surface area (TPSA) is 75.6 Å². The average molecular weight is 265 g/mol. The van der Waals surface area contributed by atoms with Crippen LogP contribution in [0.25, 0.3) is 0 Å². The van der Waals surface area contributed by atoms with E-state index >= 15 is 0 Å². The van der Waals surface area contributed by atoms with Gasteiger partial charge < -0.3 is 15.2 Å². The van der Waals surface area contributed by atoms with E-state index in [1.807, 2.05) is 44.2 Å². The third-order valence-corrected chi connectivity index (χ3v) is 2.45. The lowest BCUT2D eigenvalue weighted by Crippen LogP contribution is -2.29. The Hall–Kier alpha value is -2.04. The normalized spacial score (nSPS) is 18.2. The van der Waals surface area contributed by atoms with E-state index in [4.69, 9.17) is 5.11 Å². The molecule has 1 aromatic carbocycles. The van der Waals surface area contributed by atoms with Gasteiger partial charge in [0.25, 0.3) is 0 Å². The van der Waals surface area contributed by atoms with Crippen molar-refractivity contribution in [3.63, 3.8) is 0 Å². The molecule has 0 amide bonds. The van der Waals surface area contributed by atoms with Gasteiger partial charge in [0, 0.05) is 11.7 Å². The zero-order valence-corrected chi connectivity index (χ0v) is 11.1. The van der Waals surface area contributed by atoms with Gasteiger partial charge in [-0.2, -0.15) is 0 Å². The van der Waals surface area contributed by atoms with Crippen LogP contribution in [0.4, 0.5) is 5.69 Å². The predicted molar refractivity (Wildman–Crippen MR) is 72.0 cm³/mol. The molecule has 0 radical (unpaired) electrons. The lowest BCUT2D eigenvalue weighted by Gasteiger charge is -2.20. The molecule has 1 fully saturated rings. The highest BCUT2D eigenvalue weighted by atomic mass is 16.6. The molecule has 1 aromatic rings. The highest BCUT2D eigenvalue weighted by molar-refractivity contribution is 5.74. The summed E-state index contributed by atoms with van der Waals surface area (Å²) in [5.41, 5.74) is 0.955. The summed E-state index contributed by atoms with van der Waals surface area (Å²) >= 11 is 0. The molecule has 0 aliphatic carbocycles. The van der Waals surface area contributed by atoms with Gasteiger partial charge in [-0.25, -0.2) is 0 Å². The fraction of sp³-hybridized carbons (Fsp3) is 0.429. The molecule has 5 heteroatoms. The van der Waals surface area contributed by atoms with E-state index in [1.54, 1.807) is 0 Å². The highest BCUT2D eigenvalue weighted by Gasteiger charge is 2.22. The molecule has 1 aliphatic rings. The van der Waals surface area contributed by atoms with Crippen molar-refractivity contribution in [1.29, 1.82) is 0 Å². The van der Waals surface area contributed by atoms with Crippen molar-refractivity contribution < 1.29 is 19.4 Å². The molecule has 5 nitrogen and oxygen atoms in total. The Balaban J connectivity index is 0.000000250. The maximum absolute atomic E-state index is 10.4. The molecule has 2 rings (SSSR count). The van der Waals surface area contributed by atoms with Crippen molar-refractivity contribution in [2.24, 2.45) is 0 Å². The SMILES string of the molecule is C[C@@H](CC(=O)O)Nc1ccccc1.C[C@@H]1CC(=O)O1. The molecule has 0 spiro atoms. The van der Waals surface area contributed by atoms with Crippen molar-refractivity contribution in [2.45, 2.75) is 38.8 Å². The number of ether oxygens (including phenoxy) is 1. The molecule has 2 N–H and O–H groups in total. The second-order valence-electron chi connectivity index (χ2n) is 4.51. The first-order valence-electron chi connectivity index (χ1n) is 6.20. The largest absolute Gasteiger partial charge is 0.481 e. The van der Waals surface area contributed by atoms with E-state index in [-0.39, 0.29) is 24.5 Å². The first-order chi connectivity index (χ1) is 8.97. The number of anilines is 1. The Morgan fingerprint density at radius 1 is 1.47 bits per heavy atom. The molecule has 1 aliphatic heterocycles. The van der Waals surface area contributed by atoms with E-state index < -0.39 is 5.97 Å². The smallest absolute Gasteiger partial charge is 0.309 e. The molecule has 0 bridgehead atoms. The Bertz CT molecular complexity index is 411. The zero-order valence-electron chi connectivity index (χ0n) is 11.1. The van der Waals surface area contributed by atoms with Gasteiger partial charge in [0.15, 0.2) is 0 Å². The van der Waals surface area contributed by atoms with Crippen molar-refractivity contribution in [3.8, 4) is 0 Å². The summed E-state index contributed by atoms with van der Waals surface area (Å²) in [6, 6.07) is 9.54. The van der Waals surface area contributed by atoms with Crippen LogP contribution in [-0.4, -0.2) is 29.2 Å². The van der Waals surface area contributed by atoms with Gasteiger partial charge in [0.05, 0.1) is 12.8 Å². The lowest BCUT2D eigenvalue weighted by molar-refractivity contribution is -0.167. The second kappa shape index (κ2) is 7.41. The highest BCUT2D eigenvalue weighted by Crippen LogP contribution is 2.10. The fourth-order valence-corrected chi connectivity index (χ4v) is 1.58. The van der Waals surface area contributed by atoms with E-state index in [2.05, 4.69) is 10.1 Å². The molecule has 0 aromatic heterocycles. The Kier molecular flexibility index (Phi) is 5.85. The molecule has 19 heavy (non-hydrogen) atoms. The third-order valence-electron chi connectivity index (χ3n) is 2.45. The van der Waals surface area contributed by atoms with Crippen molar-refractivity contribution in [1.82, 2.24) is 0 Å². The number of carboxylic acid groups (broad SMARTS) is 1. The van der Waals surface area contributed by atoms with Crippen molar-refractivity contribution in [3.05, 3.63) is 30.3 Å². The molecule has 1 heterocycles. The van der Waals surface area contributed by atoms with E-state index in [9.17, 15) is 9.59 Å². The number of hydrogen-bond donors (Lipinski definition) is 2. The van der Waals surface area contributed by atoms with Crippen molar-refractivity contribution in [2.75, 3.05) is 5.32 Å². The molecule has 1 saturated heterocycles. The van der Waals surface area contributed by atoms with Gasteiger partial charge >= 0.3 is 11.9 Å². The number of carbonyl (C=O) groups excluding carboxylic acids is 1. The third kappa shape index (κ3) is 6.45. The van der Waals surface area contributed by atoms with E-state index in [0.29, 0.717) is 6.42 Å². The summed E-state index contributed by atoms with van der Waals surface area (Å²) in [5, 5.41) is 11.6. The minimum Gasteiger partial charge on any atom is -0.481 e. The van der Waals surface area contributed by atoms with Crippen LogP contribution in [-0.2, 0) is 14.3 Å². The minimum atomic E-state index is -0.782. The van der Waals surface area contributed by atoms with Crippen LogP contribution in [0.1, 0.15) is 26.7 Å². The number of aliphatic carboxylic acids is 1. The Morgan fingerprint density at radius 2 is 2.05 bits per heavy atom. The number of carbonyl (C=O) groups is 2. The number of nitrogens with one attached hydrogen (secondary N) is 1. The number of hydrogen-bond acceptors (Lipinski definition) is 4. The van der Waals surface area contributed by atoms with E-state index in [0.717, 1.165) is 5.69 Å². The molecule has 0 unspecified atom stereocenters. The van der Waals surface area contributed by atoms with Crippen LogP contribution in [0, 0.1) is 0 Å². The van der Waals surface area contributed by atoms with Crippen LogP contribution < -0.4 is 5.32 Å². The summed E-state index contributed by atoms with van der Waals surface area (Å²) in [6.07, 6.45) is 0.937. The molecule has 104 valence electrons. The first-order valence-corrected chi connectivity index (χ1v) is 6.20. The number of esters is 1. The minimum absolute atomic E-state index is 0.0418. The number of para-hydroxylation sites is 1. The Labute approximate surface area is 112 Å². The fourth-order valence-electron chi connectivity index (χ4n) is 1.58. The molecular weight excluding hydrogens is 246 g/mol. The number of benzene rings is 1. The lowest BCUT2D eigenvalue weighted by atomic mass is 10.2. The van der Waals surface area contributed by atoms with Gasteiger partial charge in [-0.15, -0.1) is 0 Å². The van der Waals surface area contributed by atoms with E-state index in [1.165, 1.54) is 0 Å². The zero-order chi connectivity index (χ0) is 14.3. The van der Waals surface area contributed by atoms with Gasteiger partial charge in [-0.3, -0.25) is 9.59 Å². The van der Waals surface area contributed by atoms with Crippen molar-refractivity contribution >= 4 is 17.6 Å². The summed E-state index contributed by atoms with van der Waals surface area (Å²) in [7, 11) is 0. The summed E-state index contributed by atoms with van der Waals surface area (Å²) in [5.74, 6) is -0.849. The quantitative estimate of drug-likeness (QED) is 0.817. The molecule has 0 saturated carbocycles. The van der Waals surface area contributed by atoms with Crippen LogP contribution in [0.5, 0.6) is 0 Å². The maximum atomic E-state index is 10.4. The number of carboxylic acids is 1. The molecular formula is C14H19NO4. The molecule has 2 atom stereocenters. The van der Waals surface area contributed by atoms with Gasteiger partial charge in [0.2, 0.25) is 0 Å². The summed E-state index contributed by atoms with van der Waals surface area (Å²) in [6.45, 7) is 3.72. The van der Waals surface area contributed by atoms with Crippen LogP contribution in [0.15, 0.2) is 30.3 Å². The predicted octanol–water partition coefficient (Wildman–Crippen LogP) is 2.28. The number of cyclic esters (lactones) is 1. The van der Waals surface area contributed by atoms with Crippen LogP contribution in [0.3, 0.4) is 0 Å². The first kappa shape index (κ1) is 15.0. The Morgan fingerprint density at radius 3 is 2.42 bits per heavy atom. The van der Waals surface area contributed by atoms with Gasteiger partial charge in [0.1, 0.15) is 6.10 Å². The monoisotopic (exact) mass is 265 g/mol. The average Bonchev–Trinajstić information content (AvgIpc) is 2.28. The standard InChI is InChI=1S/C10H13NO2.C4H6O2/c1-8(7-10(12)13)11-9-5-3-2-4-6-9;1-3-2-4(5)6-3/h2-6,8,11H,7H2,1H3,(H,12,13);3H,2H2,1H3/t8-;3-/m01/s1. The summed E-state index contributed by atoms with van der Waals surface area (Å²) in [4.78, 5) is 20.2. The van der Waals surface area contributed by atoms with Crippen LogP contribution >= 0.6 is 0 Å².